The molecule has 0 N–H and O–H groups in total. The Morgan fingerprint density at radius 3 is 2.41 bits per heavy atom. The number of carbonyl (C=O) groups excluding carboxylic acids is 1. The fourth-order valence-electron chi connectivity index (χ4n) is 4.20. The molecule has 1 aromatic heterocycles. The molecule has 1 amide bonds. The number of nitrogens with zero attached hydrogens (tertiary/aromatic N) is 5. The molecule has 0 radical (unpaired) electrons. The molecule has 4 rings (SSSR count). The topological polar surface area (TPSA) is 82.4 Å². The lowest BCUT2D eigenvalue weighted by Gasteiger charge is -2.39. The third-order valence-electron chi connectivity index (χ3n) is 5.86. The average molecular weight is 475 g/mol. The zero-order valence-corrected chi connectivity index (χ0v) is 18.5. The highest BCUT2D eigenvalue weighted by molar-refractivity contribution is 5.67. The highest BCUT2D eigenvalue weighted by Crippen LogP contribution is 2.40. The van der Waals surface area contributed by atoms with Crippen LogP contribution in [0.25, 0.3) is 0 Å². The van der Waals surface area contributed by atoms with Crippen LogP contribution in [-0.2, 0) is 16.7 Å². The van der Waals surface area contributed by atoms with Crippen LogP contribution in [-0.4, -0.2) is 57.3 Å². The van der Waals surface area contributed by atoms with Gasteiger partial charge in [0.2, 0.25) is 0 Å². The largest absolute Gasteiger partial charge is 0.573 e. The number of halogens is 3. The molecule has 0 saturated carbocycles. The van der Waals surface area contributed by atoms with Gasteiger partial charge in [0.25, 0.3) is 0 Å². The molecule has 8 nitrogen and oxygen atoms in total. The van der Waals surface area contributed by atoms with Crippen LogP contribution >= 0.6 is 0 Å². The predicted molar refractivity (Wildman–Crippen MR) is 115 cm³/mol. The fraction of sp³-hybridized carbons (Fsp3) is 0.391. The number of piperidine rings is 1. The van der Waals surface area contributed by atoms with Gasteiger partial charge in [-0.15, -0.1) is 23.4 Å². The van der Waals surface area contributed by atoms with Crippen LogP contribution in [0.1, 0.15) is 36.7 Å². The minimum atomic E-state index is -4.80. The summed E-state index contributed by atoms with van der Waals surface area (Å²) < 4.78 is 47.6. The Labute approximate surface area is 194 Å². The van der Waals surface area contributed by atoms with Gasteiger partial charge in [-0.05, 0) is 36.6 Å². The maximum atomic E-state index is 12.8. The number of ether oxygens (including phenoxy) is 2. The molecule has 0 atom stereocenters. The molecular weight excluding hydrogens is 451 g/mol. The number of tetrazole rings is 1. The van der Waals surface area contributed by atoms with E-state index in [1.165, 1.54) is 23.0 Å². The van der Waals surface area contributed by atoms with Crippen LogP contribution in [0.4, 0.5) is 18.0 Å². The molecule has 1 aliphatic rings. The molecule has 1 saturated heterocycles. The number of amides is 1. The van der Waals surface area contributed by atoms with Crippen LogP contribution in [0.3, 0.4) is 0 Å². The van der Waals surface area contributed by atoms with E-state index in [1.807, 2.05) is 30.3 Å². The third kappa shape index (κ3) is 5.13. The van der Waals surface area contributed by atoms with Crippen LogP contribution in [0.5, 0.6) is 5.75 Å². The first kappa shape index (κ1) is 23.5. The van der Waals surface area contributed by atoms with E-state index in [1.54, 1.807) is 17.9 Å². The molecule has 2 aromatic carbocycles. The van der Waals surface area contributed by atoms with Crippen molar-refractivity contribution in [3.05, 3.63) is 71.5 Å². The molecule has 11 heteroatoms. The zero-order chi connectivity index (χ0) is 24.2. The number of alkyl halides is 3. The lowest BCUT2D eigenvalue weighted by molar-refractivity contribution is -0.274. The minimum absolute atomic E-state index is 0.0426. The normalized spacial score (nSPS) is 15.7. The van der Waals surface area contributed by atoms with E-state index in [0.717, 1.165) is 5.56 Å². The Hall–Kier alpha value is -3.63. The van der Waals surface area contributed by atoms with Crippen LogP contribution in [0.15, 0.2) is 54.6 Å². The molecular formula is C23H24F3N5O3. The number of para-hydroxylation sites is 1. The van der Waals surface area contributed by atoms with Gasteiger partial charge < -0.3 is 14.4 Å². The first-order valence-electron chi connectivity index (χ1n) is 10.9. The third-order valence-corrected chi connectivity index (χ3v) is 5.86. The number of hydrogen-bond acceptors (Lipinski definition) is 6. The number of rotatable bonds is 6. The minimum Gasteiger partial charge on any atom is -0.450 e. The lowest BCUT2D eigenvalue weighted by atomic mass is 9.72. The lowest BCUT2D eigenvalue weighted by Crippen LogP contribution is -2.46. The molecule has 0 bridgehead atoms. The van der Waals surface area contributed by atoms with Crippen molar-refractivity contribution < 1.29 is 27.4 Å². The van der Waals surface area contributed by atoms with E-state index in [0.29, 0.717) is 38.4 Å². The van der Waals surface area contributed by atoms with Gasteiger partial charge in [-0.25, -0.2) is 4.79 Å². The predicted octanol–water partition coefficient (Wildman–Crippen LogP) is 4.16. The molecule has 0 unspecified atom stereocenters. The Morgan fingerprint density at radius 2 is 1.74 bits per heavy atom. The summed E-state index contributed by atoms with van der Waals surface area (Å²) in [5, 5.41) is 12.9. The Morgan fingerprint density at radius 1 is 1.06 bits per heavy atom. The van der Waals surface area contributed by atoms with Crippen molar-refractivity contribution in [2.24, 2.45) is 0 Å². The fourth-order valence-corrected chi connectivity index (χ4v) is 4.20. The van der Waals surface area contributed by atoms with Crippen molar-refractivity contribution in [2.45, 2.75) is 38.1 Å². The van der Waals surface area contributed by atoms with Crippen LogP contribution in [0.2, 0.25) is 0 Å². The molecule has 34 heavy (non-hydrogen) atoms. The highest BCUT2D eigenvalue weighted by Gasteiger charge is 2.43. The van der Waals surface area contributed by atoms with E-state index in [9.17, 15) is 18.0 Å². The van der Waals surface area contributed by atoms with Crippen molar-refractivity contribution in [2.75, 3.05) is 19.7 Å². The molecule has 0 aliphatic carbocycles. The Balaban J connectivity index is 1.60. The second kappa shape index (κ2) is 9.70. The van der Waals surface area contributed by atoms with Crippen molar-refractivity contribution in [1.29, 1.82) is 0 Å². The highest BCUT2D eigenvalue weighted by atomic mass is 19.4. The van der Waals surface area contributed by atoms with Gasteiger partial charge in [0.15, 0.2) is 5.82 Å². The van der Waals surface area contributed by atoms with E-state index < -0.39 is 11.8 Å². The number of carbonyl (C=O) groups is 1. The van der Waals surface area contributed by atoms with Gasteiger partial charge in [0, 0.05) is 18.7 Å². The number of likely N-dealkylation sites (tertiary alicyclic amines) is 1. The van der Waals surface area contributed by atoms with E-state index >= 15 is 0 Å². The first-order valence-corrected chi connectivity index (χ1v) is 10.9. The summed E-state index contributed by atoms with van der Waals surface area (Å²) in [5.74, 6) is 0.144. The summed E-state index contributed by atoms with van der Waals surface area (Å²) >= 11 is 0. The van der Waals surface area contributed by atoms with E-state index in [4.69, 9.17) is 4.74 Å². The molecule has 3 aromatic rings. The summed E-state index contributed by atoms with van der Waals surface area (Å²) in [5.41, 5.74) is 0.665. The van der Waals surface area contributed by atoms with Gasteiger partial charge in [-0.1, -0.05) is 48.5 Å². The zero-order valence-electron chi connectivity index (χ0n) is 18.5. The van der Waals surface area contributed by atoms with Gasteiger partial charge >= 0.3 is 12.5 Å². The van der Waals surface area contributed by atoms with Crippen molar-refractivity contribution in [3.63, 3.8) is 0 Å². The Bertz CT molecular complexity index is 1110. The second-order valence-electron chi connectivity index (χ2n) is 7.93. The maximum absolute atomic E-state index is 12.8. The van der Waals surface area contributed by atoms with Gasteiger partial charge in [-0.2, -0.15) is 4.80 Å². The molecule has 180 valence electrons. The van der Waals surface area contributed by atoms with Crippen LogP contribution < -0.4 is 4.74 Å². The smallest absolute Gasteiger partial charge is 0.450 e. The summed E-state index contributed by atoms with van der Waals surface area (Å²) in [4.78, 5) is 15.1. The first-order chi connectivity index (χ1) is 16.3. The summed E-state index contributed by atoms with van der Waals surface area (Å²) in [7, 11) is 0. The number of hydrogen-bond donors (Lipinski definition) is 0. The SMILES string of the molecule is CCOC(=O)N1CCC(c2ccccc2)(c2nnn(Cc3ccccc3OC(F)(F)F)n2)CC1. The van der Waals surface area contributed by atoms with Gasteiger partial charge in [0.05, 0.1) is 18.6 Å². The quantitative estimate of drug-likeness (QED) is 0.533. The summed E-state index contributed by atoms with van der Waals surface area (Å²) in [6.07, 6.45) is -4.06. The monoisotopic (exact) mass is 475 g/mol. The molecule has 1 aliphatic heterocycles. The van der Waals surface area contributed by atoms with Gasteiger partial charge in [0.1, 0.15) is 5.75 Å². The van der Waals surface area contributed by atoms with E-state index in [-0.39, 0.29) is 24.0 Å². The van der Waals surface area contributed by atoms with Gasteiger partial charge in [-0.3, -0.25) is 0 Å². The summed E-state index contributed by atoms with van der Waals surface area (Å²) in [6, 6.07) is 15.6. The molecule has 2 heterocycles. The van der Waals surface area contributed by atoms with Crippen molar-refractivity contribution >= 4 is 6.09 Å². The summed E-state index contributed by atoms with van der Waals surface area (Å²) in [6.45, 7) is 2.92. The number of aromatic nitrogens is 4. The molecule has 0 spiro atoms. The maximum Gasteiger partial charge on any atom is 0.573 e. The number of benzene rings is 2. The standard InChI is InChI=1S/C23H24F3N5O3/c1-2-33-21(32)30-14-12-22(13-15-30,18-9-4-3-5-10-18)20-27-29-31(28-20)16-17-8-6-7-11-19(17)34-23(24,25)26/h3-11H,2,12-16H2,1H3. The van der Waals surface area contributed by atoms with E-state index in [2.05, 4.69) is 20.1 Å². The van der Waals surface area contributed by atoms with Crippen molar-refractivity contribution in [1.82, 2.24) is 25.1 Å². The molecule has 1 fully saturated rings. The van der Waals surface area contributed by atoms with Crippen molar-refractivity contribution in [3.8, 4) is 5.75 Å². The Kier molecular flexibility index (Phi) is 6.71. The second-order valence-corrected chi connectivity index (χ2v) is 7.93. The average Bonchev–Trinajstić information content (AvgIpc) is 3.29. The van der Waals surface area contributed by atoms with Crippen LogP contribution in [0, 0.1) is 0 Å².